The summed E-state index contributed by atoms with van der Waals surface area (Å²) in [5.74, 6) is 0.0526. The molecule has 0 saturated heterocycles. The molecule has 0 fully saturated rings. The zero-order chi connectivity index (χ0) is 13.7. The number of carbonyl (C=O) groups excluding carboxylic acids is 1. The Morgan fingerprint density at radius 1 is 1.47 bits per heavy atom. The topological polar surface area (TPSA) is 68.0 Å². The van der Waals surface area contributed by atoms with Crippen LogP contribution in [-0.2, 0) is 4.79 Å². The molecule has 0 saturated carbocycles. The number of amides is 1. The van der Waals surface area contributed by atoms with Crippen molar-refractivity contribution < 1.29 is 4.79 Å². The highest BCUT2D eigenvalue weighted by molar-refractivity contribution is 7.13. The first-order chi connectivity index (χ1) is 9.19. The highest BCUT2D eigenvalue weighted by Crippen LogP contribution is 2.25. The van der Waals surface area contributed by atoms with Gasteiger partial charge in [-0.05, 0) is 18.6 Å². The number of anilines is 2. The molecular weight excluding hydrogens is 258 g/mol. The van der Waals surface area contributed by atoms with E-state index >= 15 is 0 Å². The zero-order valence-electron chi connectivity index (χ0n) is 10.8. The minimum Gasteiger partial charge on any atom is -0.375 e. The number of carbonyl (C=O) groups is 1. The summed E-state index contributed by atoms with van der Waals surface area (Å²) in [6.07, 6.45) is 2.49. The summed E-state index contributed by atoms with van der Waals surface area (Å²) < 4.78 is 0. The molecule has 0 unspecified atom stereocenters. The Bertz CT molecular complexity index is 565. The van der Waals surface area contributed by atoms with Gasteiger partial charge in [0.2, 0.25) is 5.91 Å². The number of nitrogens with one attached hydrogen (secondary N) is 1. The molecule has 0 bridgehead atoms. The van der Waals surface area contributed by atoms with Gasteiger partial charge in [0, 0.05) is 23.1 Å². The van der Waals surface area contributed by atoms with Crippen molar-refractivity contribution in [3.05, 3.63) is 29.6 Å². The molecule has 2 aromatic rings. The van der Waals surface area contributed by atoms with E-state index in [2.05, 4.69) is 17.2 Å². The van der Waals surface area contributed by atoms with Crippen LogP contribution in [0.25, 0.3) is 11.3 Å². The van der Waals surface area contributed by atoms with Gasteiger partial charge in [0.15, 0.2) is 5.13 Å². The highest BCUT2D eigenvalue weighted by atomic mass is 32.1. The summed E-state index contributed by atoms with van der Waals surface area (Å²) >= 11 is 1.41. The average Bonchev–Trinajstić information content (AvgIpc) is 2.83. The second-order valence-corrected chi connectivity index (χ2v) is 5.19. The van der Waals surface area contributed by atoms with Crippen LogP contribution in [0.2, 0.25) is 0 Å². The third-order valence-electron chi connectivity index (χ3n) is 2.72. The van der Waals surface area contributed by atoms with Crippen molar-refractivity contribution in [1.82, 2.24) is 4.98 Å². The van der Waals surface area contributed by atoms with Gasteiger partial charge in [-0.15, -0.1) is 11.3 Å². The molecule has 0 aliphatic heterocycles. The number of aromatic nitrogens is 1. The minimum atomic E-state index is 0.0526. The first-order valence-electron chi connectivity index (χ1n) is 6.30. The van der Waals surface area contributed by atoms with Crippen LogP contribution >= 0.6 is 11.3 Å². The monoisotopic (exact) mass is 275 g/mol. The van der Waals surface area contributed by atoms with Crippen LogP contribution in [0.15, 0.2) is 29.6 Å². The number of hydrogen-bond donors (Lipinski definition) is 2. The normalized spacial score (nSPS) is 10.4. The van der Waals surface area contributed by atoms with E-state index in [1.54, 1.807) is 0 Å². The second kappa shape index (κ2) is 6.33. The zero-order valence-corrected chi connectivity index (χ0v) is 11.7. The lowest BCUT2D eigenvalue weighted by atomic mass is 10.1. The number of benzene rings is 1. The van der Waals surface area contributed by atoms with Gasteiger partial charge in [-0.25, -0.2) is 4.98 Å². The molecule has 0 atom stereocenters. The fourth-order valence-electron chi connectivity index (χ4n) is 1.74. The van der Waals surface area contributed by atoms with E-state index < -0.39 is 0 Å². The standard InChI is InChI=1S/C14H17N3OS/c1-2-3-7-13(18)16-11-6-4-5-10(8-11)12-9-19-14(15)17-12/h4-6,8-9H,2-3,7H2,1H3,(H2,15,17)(H,16,18). The summed E-state index contributed by atoms with van der Waals surface area (Å²) in [4.78, 5) is 15.9. The van der Waals surface area contributed by atoms with E-state index in [9.17, 15) is 4.79 Å². The summed E-state index contributed by atoms with van der Waals surface area (Å²) in [6.45, 7) is 2.07. The summed E-state index contributed by atoms with van der Waals surface area (Å²) in [7, 11) is 0. The maximum Gasteiger partial charge on any atom is 0.224 e. The quantitative estimate of drug-likeness (QED) is 0.877. The fraction of sp³-hybridized carbons (Fsp3) is 0.286. The lowest BCUT2D eigenvalue weighted by molar-refractivity contribution is -0.116. The van der Waals surface area contributed by atoms with Crippen LogP contribution in [-0.4, -0.2) is 10.9 Å². The molecule has 0 aliphatic carbocycles. The molecular formula is C14H17N3OS. The summed E-state index contributed by atoms with van der Waals surface area (Å²) in [5, 5.41) is 5.36. The predicted octanol–water partition coefficient (Wildman–Crippen LogP) is 3.52. The van der Waals surface area contributed by atoms with E-state index in [-0.39, 0.29) is 5.91 Å². The van der Waals surface area contributed by atoms with Crippen molar-refractivity contribution in [3.63, 3.8) is 0 Å². The SMILES string of the molecule is CCCCC(=O)Nc1cccc(-c2csc(N)n2)c1. The Morgan fingerprint density at radius 3 is 3.00 bits per heavy atom. The van der Waals surface area contributed by atoms with Crippen molar-refractivity contribution >= 4 is 28.1 Å². The number of hydrogen-bond acceptors (Lipinski definition) is 4. The second-order valence-electron chi connectivity index (χ2n) is 4.30. The molecule has 5 heteroatoms. The molecule has 1 aromatic heterocycles. The molecule has 4 nitrogen and oxygen atoms in total. The van der Waals surface area contributed by atoms with Crippen LogP contribution in [0.1, 0.15) is 26.2 Å². The maximum atomic E-state index is 11.7. The average molecular weight is 275 g/mol. The van der Waals surface area contributed by atoms with Crippen molar-refractivity contribution in [2.75, 3.05) is 11.1 Å². The highest BCUT2D eigenvalue weighted by Gasteiger charge is 2.05. The fourth-order valence-corrected chi connectivity index (χ4v) is 2.31. The van der Waals surface area contributed by atoms with Gasteiger partial charge in [-0.1, -0.05) is 25.5 Å². The Hall–Kier alpha value is -1.88. The van der Waals surface area contributed by atoms with E-state index in [1.807, 2.05) is 29.6 Å². The van der Waals surface area contributed by atoms with Crippen molar-refractivity contribution in [2.24, 2.45) is 0 Å². The summed E-state index contributed by atoms with van der Waals surface area (Å²) in [6, 6.07) is 7.65. The lowest BCUT2D eigenvalue weighted by Crippen LogP contribution is -2.10. The van der Waals surface area contributed by atoms with Crippen LogP contribution in [0, 0.1) is 0 Å². The van der Waals surface area contributed by atoms with Gasteiger partial charge in [0.1, 0.15) is 0 Å². The van der Waals surface area contributed by atoms with Gasteiger partial charge in [-0.2, -0.15) is 0 Å². The van der Waals surface area contributed by atoms with Gasteiger partial charge in [0.05, 0.1) is 5.69 Å². The van der Waals surface area contributed by atoms with Crippen molar-refractivity contribution in [3.8, 4) is 11.3 Å². The van der Waals surface area contributed by atoms with Gasteiger partial charge < -0.3 is 11.1 Å². The maximum absolute atomic E-state index is 11.7. The van der Waals surface area contributed by atoms with Crippen LogP contribution in [0.5, 0.6) is 0 Å². The molecule has 1 aromatic carbocycles. The smallest absolute Gasteiger partial charge is 0.224 e. The van der Waals surface area contributed by atoms with Crippen molar-refractivity contribution in [1.29, 1.82) is 0 Å². The van der Waals surface area contributed by atoms with E-state index in [1.165, 1.54) is 11.3 Å². The first kappa shape index (κ1) is 13.5. The number of unbranched alkanes of at least 4 members (excludes halogenated alkanes) is 1. The number of nitrogens with two attached hydrogens (primary N) is 1. The van der Waals surface area contributed by atoms with Gasteiger partial charge in [-0.3, -0.25) is 4.79 Å². The molecule has 100 valence electrons. The molecule has 1 amide bonds. The molecule has 1 heterocycles. The van der Waals surface area contributed by atoms with Gasteiger partial charge in [0.25, 0.3) is 0 Å². The Balaban J connectivity index is 2.09. The van der Waals surface area contributed by atoms with Crippen LogP contribution in [0.3, 0.4) is 0 Å². The number of thiazole rings is 1. The third-order valence-corrected chi connectivity index (χ3v) is 3.40. The molecule has 0 spiro atoms. The number of rotatable bonds is 5. The predicted molar refractivity (Wildman–Crippen MR) is 80.1 cm³/mol. The Labute approximate surface area is 116 Å². The number of nitrogens with zero attached hydrogens (tertiary/aromatic N) is 1. The molecule has 3 N–H and O–H groups in total. The summed E-state index contributed by atoms with van der Waals surface area (Å²) in [5.41, 5.74) is 8.22. The Kier molecular flexibility index (Phi) is 4.52. The van der Waals surface area contributed by atoms with Crippen LogP contribution in [0.4, 0.5) is 10.8 Å². The lowest BCUT2D eigenvalue weighted by Gasteiger charge is -2.06. The third kappa shape index (κ3) is 3.79. The Morgan fingerprint density at radius 2 is 2.32 bits per heavy atom. The molecule has 0 aliphatic rings. The first-order valence-corrected chi connectivity index (χ1v) is 7.18. The number of nitrogen functional groups attached to an aromatic ring is 1. The van der Waals surface area contributed by atoms with E-state index in [4.69, 9.17) is 5.73 Å². The van der Waals surface area contributed by atoms with Crippen molar-refractivity contribution in [2.45, 2.75) is 26.2 Å². The van der Waals surface area contributed by atoms with E-state index in [0.29, 0.717) is 11.6 Å². The molecule has 0 radical (unpaired) electrons. The molecule has 2 rings (SSSR count). The van der Waals surface area contributed by atoms with Crippen LogP contribution < -0.4 is 11.1 Å². The van der Waals surface area contributed by atoms with E-state index in [0.717, 1.165) is 29.8 Å². The molecule has 19 heavy (non-hydrogen) atoms. The minimum absolute atomic E-state index is 0.0526. The van der Waals surface area contributed by atoms with Gasteiger partial charge >= 0.3 is 0 Å². The largest absolute Gasteiger partial charge is 0.375 e.